The first kappa shape index (κ1) is 13.5. The van der Waals surface area contributed by atoms with Gasteiger partial charge in [0.15, 0.2) is 0 Å². The molecule has 0 aliphatic carbocycles. The maximum absolute atomic E-state index is 14.1. The molecule has 108 valence electrons. The van der Waals surface area contributed by atoms with Crippen LogP contribution in [0.3, 0.4) is 0 Å². The van der Waals surface area contributed by atoms with Crippen molar-refractivity contribution in [1.29, 1.82) is 0 Å². The molecule has 1 aliphatic rings. The third-order valence-electron chi connectivity index (χ3n) is 3.54. The second-order valence-corrected chi connectivity index (χ2v) is 5.04. The Bertz CT molecular complexity index is 674. The third-order valence-corrected chi connectivity index (χ3v) is 3.54. The van der Waals surface area contributed by atoms with Gasteiger partial charge in [-0.3, -0.25) is 0 Å². The maximum atomic E-state index is 14.1. The quantitative estimate of drug-likeness (QED) is 0.814. The molecule has 4 nitrogen and oxygen atoms in total. The normalized spacial score (nSPS) is 13.9. The number of hydrogen-bond donors (Lipinski definition) is 0. The summed E-state index contributed by atoms with van der Waals surface area (Å²) < 4.78 is 14.1. The van der Waals surface area contributed by atoms with Crippen molar-refractivity contribution in [3.8, 4) is 11.1 Å². The van der Waals surface area contributed by atoms with Crippen molar-refractivity contribution >= 4 is 11.5 Å². The molecule has 1 fully saturated rings. The monoisotopic (exact) mass is 285 g/mol. The minimum atomic E-state index is -0.189. The number of pyridine rings is 1. The Labute approximate surface area is 122 Å². The predicted molar refractivity (Wildman–Crippen MR) is 81.0 cm³/mol. The summed E-state index contributed by atoms with van der Waals surface area (Å²) in [5.41, 5.74) is 3.00. The summed E-state index contributed by atoms with van der Waals surface area (Å²) >= 11 is 0. The Hall–Kier alpha value is -2.43. The Balaban J connectivity index is 1.79. The summed E-state index contributed by atoms with van der Waals surface area (Å²) in [5.74, 6) is 0.673. The molecule has 0 unspecified atom stereocenters. The topological polar surface area (TPSA) is 37.7 Å². The van der Waals surface area contributed by atoms with Gasteiger partial charge in [-0.15, -0.1) is 0 Å². The molecule has 21 heavy (non-hydrogen) atoms. The molecule has 1 aromatic heterocycles. The van der Waals surface area contributed by atoms with Crippen molar-refractivity contribution in [2.24, 2.45) is 5.16 Å². The molecular weight excluding hydrogens is 269 g/mol. The van der Waals surface area contributed by atoms with E-state index in [9.17, 15) is 4.39 Å². The van der Waals surface area contributed by atoms with Crippen LogP contribution in [0.5, 0.6) is 0 Å². The second kappa shape index (κ2) is 5.52. The molecule has 0 radical (unpaired) electrons. The highest BCUT2D eigenvalue weighted by molar-refractivity contribution is 5.99. The van der Waals surface area contributed by atoms with Crippen LogP contribution in [0, 0.1) is 12.7 Å². The Morgan fingerprint density at radius 1 is 1.24 bits per heavy atom. The SMILES string of the molecule is CON=C1CN(c2ccc(-c3cccc(C)c3F)cn2)C1. The van der Waals surface area contributed by atoms with E-state index in [2.05, 4.69) is 15.0 Å². The van der Waals surface area contributed by atoms with Crippen LogP contribution in [-0.2, 0) is 4.84 Å². The summed E-state index contributed by atoms with van der Waals surface area (Å²) in [7, 11) is 1.54. The molecule has 0 atom stereocenters. The number of aryl methyl sites for hydroxylation is 1. The fourth-order valence-corrected chi connectivity index (χ4v) is 2.35. The minimum Gasteiger partial charge on any atom is -0.399 e. The van der Waals surface area contributed by atoms with Gasteiger partial charge in [0.1, 0.15) is 18.7 Å². The maximum Gasteiger partial charge on any atom is 0.133 e. The molecule has 0 spiro atoms. The van der Waals surface area contributed by atoms with Crippen LogP contribution in [0.1, 0.15) is 5.56 Å². The number of hydrogen-bond acceptors (Lipinski definition) is 4. The Morgan fingerprint density at radius 2 is 2.05 bits per heavy atom. The minimum absolute atomic E-state index is 0.189. The zero-order valence-electron chi connectivity index (χ0n) is 12.0. The molecule has 1 aromatic carbocycles. The van der Waals surface area contributed by atoms with E-state index in [0.717, 1.165) is 30.2 Å². The fourth-order valence-electron chi connectivity index (χ4n) is 2.35. The van der Waals surface area contributed by atoms with E-state index >= 15 is 0 Å². The molecule has 2 heterocycles. The first-order chi connectivity index (χ1) is 10.2. The van der Waals surface area contributed by atoms with Gasteiger partial charge in [0.2, 0.25) is 0 Å². The number of oxime groups is 1. The number of halogens is 1. The molecule has 0 bridgehead atoms. The highest BCUT2D eigenvalue weighted by atomic mass is 19.1. The first-order valence-corrected chi connectivity index (χ1v) is 6.74. The van der Waals surface area contributed by atoms with Crippen LogP contribution < -0.4 is 4.90 Å². The molecule has 5 heteroatoms. The van der Waals surface area contributed by atoms with Crippen LogP contribution in [0.2, 0.25) is 0 Å². The summed E-state index contributed by atoms with van der Waals surface area (Å²) in [6, 6.07) is 9.18. The standard InChI is InChI=1S/C16H16FN3O/c1-11-4-3-5-14(16(11)17)12-6-7-15(18-8-12)20-9-13(10-20)19-21-2/h3-8H,9-10H2,1-2H3. The lowest BCUT2D eigenvalue weighted by molar-refractivity contribution is 0.211. The van der Waals surface area contributed by atoms with E-state index in [1.807, 2.05) is 18.2 Å². The number of nitrogens with zero attached hydrogens (tertiary/aromatic N) is 3. The van der Waals surface area contributed by atoms with E-state index < -0.39 is 0 Å². The van der Waals surface area contributed by atoms with Gasteiger partial charge in [-0.2, -0.15) is 0 Å². The number of benzene rings is 1. The van der Waals surface area contributed by atoms with Crippen molar-refractivity contribution in [2.75, 3.05) is 25.1 Å². The molecule has 2 aromatic rings. The lowest BCUT2D eigenvalue weighted by Gasteiger charge is -2.32. The van der Waals surface area contributed by atoms with Crippen LogP contribution in [0.15, 0.2) is 41.7 Å². The van der Waals surface area contributed by atoms with Crippen molar-refractivity contribution < 1.29 is 9.23 Å². The summed E-state index contributed by atoms with van der Waals surface area (Å²) in [6.07, 6.45) is 1.71. The van der Waals surface area contributed by atoms with E-state index in [1.165, 1.54) is 0 Å². The molecule has 0 N–H and O–H groups in total. The van der Waals surface area contributed by atoms with Gasteiger partial charge in [-0.25, -0.2) is 9.37 Å². The second-order valence-electron chi connectivity index (χ2n) is 5.04. The third kappa shape index (κ3) is 2.59. The fraction of sp³-hybridized carbons (Fsp3) is 0.250. The molecule has 1 aliphatic heterocycles. The molecule has 0 saturated carbocycles. The largest absolute Gasteiger partial charge is 0.399 e. The van der Waals surface area contributed by atoms with Gasteiger partial charge < -0.3 is 9.74 Å². The first-order valence-electron chi connectivity index (χ1n) is 6.74. The van der Waals surface area contributed by atoms with Gasteiger partial charge in [-0.1, -0.05) is 23.4 Å². The zero-order valence-corrected chi connectivity index (χ0v) is 12.0. The lowest BCUT2D eigenvalue weighted by atomic mass is 10.0. The van der Waals surface area contributed by atoms with Crippen molar-refractivity contribution in [1.82, 2.24) is 4.98 Å². The van der Waals surface area contributed by atoms with Crippen LogP contribution >= 0.6 is 0 Å². The van der Waals surface area contributed by atoms with E-state index in [1.54, 1.807) is 32.4 Å². The summed E-state index contributed by atoms with van der Waals surface area (Å²) in [4.78, 5) is 11.2. The van der Waals surface area contributed by atoms with E-state index in [4.69, 9.17) is 4.84 Å². The van der Waals surface area contributed by atoms with Gasteiger partial charge >= 0.3 is 0 Å². The molecule has 3 rings (SSSR count). The Morgan fingerprint density at radius 3 is 2.71 bits per heavy atom. The van der Waals surface area contributed by atoms with Gasteiger partial charge in [-0.05, 0) is 24.6 Å². The summed E-state index contributed by atoms with van der Waals surface area (Å²) in [5, 5.41) is 3.89. The smallest absolute Gasteiger partial charge is 0.133 e. The average molecular weight is 285 g/mol. The zero-order chi connectivity index (χ0) is 14.8. The highest BCUT2D eigenvalue weighted by Crippen LogP contribution is 2.26. The van der Waals surface area contributed by atoms with Crippen molar-refractivity contribution in [3.05, 3.63) is 47.9 Å². The van der Waals surface area contributed by atoms with Crippen LogP contribution in [-0.4, -0.2) is 30.9 Å². The number of anilines is 1. The highest BCUT2D eigenvalue weighted by Gasteiger charge is 2.23. The van der Waals surface area contributed by atoms with Gasteiger partial charge in [0, 0.05) is 17.3 Å². The lowest BCUT2D eigenvalue weighted by Crippen LogP contribution is -2.48. The van der Waals surface area contributed by atoms with Crippen molar-refractivity contribution in [2.45, 2.75) is 6.92 Å². The van der Waals surface area contributed by atoms with Crippen LogP contribution in [0.25, 0.3) is 11.1 Å². The average Bonchev–Trinajstić information content (AvgIpc) is 2.46. The van der Waals surface area contributed by atoms with Gasteiger partial charge in [0.05, 0.1) is 18.8 Å². The molecule has 0 amide bonds. The number of aromatic nitrogens is 1. The van der Waals surface area contributed by atoms with E-state index in [0.29, 0.717) is 11.1 Å². The number of rotatable bonds is 3. The Kier molecular flexibility index (Phi) is 3.56. The molecular formula is C16H16FN3O. The van der Waals surface area contributed by atoms with Crippen LogP contribution in [0.4, 0.5) is 10.2 Å². The summed E-state index contributed by atoms with van der Waals surface area (Å²) in [6.45, 7) is 3.20. The predicted octanol–water partition coefficient (Wildman–Crippen LogP) is 3.02. The van der Waals surface area contributed by atoms with Crippen molar-refractivity contribution in [3.63, 3.8) is 0 Å². The van der Waals surface area contributed by atoms with Gasteiger partial charge in [0.25, 0.3) is 0 Å². The molecule has 1 saturated heterocycles. The van der Waals surface area contributed by atoms with E-state index in [-0.39, 0.29) is 5.82 Å².